The molecule has 93 valence electrons. The van der Waals surface area contributed by atoms with Crippen LogP contribution in [0.4, 0.5) is 0 Å². The van der Waals surface area contributed by atoms with Gasteiger partial charge >= 0.3 is 0 Å². The molecular weight excluding hydrogens is 240 g/mol. The fraction of sp³-hybridized carbons (Fsp3) is 0. The third-order valence-electron chi connectivity index (χ3n) is 3.79. The summed E-state index contributed by atoms with van der Waals surface area (Å²) < 4.78 is 0. The Morgan fingerprint density at radius 1 is 0.650 bits per heavy atom. The Balaban J connectivity index is 2.01. The summed E-state index contributed by atoms with van der Waals surface area (Å²) in [7, 11) is 0. The first-order valence-electron chi connectivity index (χ1n) is 6.80. The van der Waals surface area contributed by atoms with Gasteiger partial charge in [0.2, 0.25) is 0 Å². The molecule has 0 aliphatic carbocycles. The summed E-state index contributed by atoms with van der Waals surface area (Å²) in [6.07, 6.45) is 0. The predicted octanol–water partition coefficient (Wildman–Crippen LogP) is 5.46. The van der Waals surface area contributed by atoms with Crippen molar-refractivity contribution in [1.82, 2.24) is 0 Å². The first kappa shape index (κ1) is 11.2. The summed E-state index contributed by atoms with van der Waals surface area (Å²) in [6.45, 7) is 0. The number of rotatable bonds is 1. The Bertz CT molecular complexity index is 898. The van der Waals surface area contributed by atoms with E-state index in [1.54, 1.807) is 0 Å². The zero-order valence-electron chi connectivity index (χ0n) is 11.0. The van der Waals surface area contributed by atoms with Gasteiger partial charge < -0.3 is 0 Å². The monoisotopic (exact) mass is 253 g/mol. The van der Waals surface area contributed by atoms with Gasteiger partial charge in [-0.25, -0.2) is 0 Å². The molecule has 0 aromatic heterocycles. The summed E-state index contributed by atoms with van der Waals surface area (Å²) in [4.78, 5) is 0. The second kappa shape index (κ2) is 4.50. The SMILES string of the molecule is [c]1ccc2ccc(-c3cccc4ccccc34)cc2c1. The van der Waals surface area contributed by atoms with Gasteiger partial charge in [-0.3, -0.25) is 0 Å². The maximum absolute atomic E-state index is 3.15. The molecule has 0 heteroatoms. The standard InChI is InChI=1S/C20H13/c1-2-8-17-14-18(13-12-15(17)6-1)20-11-5-9-16-7-3-4-10-19(16)20/h1,3-14H. The first-order chi connectivity index (χ1) is 9.92. The van der Waals surface area contributed by atoms with Crippen LogP contribution in [0.15, 0.2) is 78.9 Å². The molecule has 20 heavy (non-hydrogen) atoms. The van der Waals surface area contributed by atoms with Gasteiger partial charge in [0.15, 0.2) is 0 Å². The van der Waals surface area contributed by atoms with Crippen molar-refractivity contribution in [3.63, 3.8) is 0 Å². The van der Waals surface area contributed by atoms with E-state index in [0.717, 1.165) is 0 Å². The second-order valence-corrected chi connectivity index (χ2v) is 5.01. The van der Waals surface area contributed by atoms with Crippen LogP contribution in [-0.4, -0.2) is 0 Å². The molecule has 4 aromatic rings. The summed E-state index contributed by atoms with van der Waals surface area (Å²) in [5.74, 6) is 0. The highest BCUT2D eigenvalue weighted by molar-refractivity contribution is 5.98. The highest BCUT2D eigenvalue weighted by Gasteiger charge is 2.03. The molecular formula is C20H13. The van der Waals surface area contributed by atoms with E-state index in [1.165, 1.54) is 32.7 Å². The molecule has 0 spiro atoms. The van der Waals surface area contributed by atoms with Gasteiger partial charge in [-0.1, -0.05) is 66.7 Å². The van der Waals surface area contributed by atoms with Crippen molar-refractivity contribution in [2.24, 2.45) is 0 Å². The quantitative estimate of drug-likeness (QED) is 0.422. The third kappa shape index (κ3) is 1.78. The second-order valence-electron chi connectivity index (χ2n) is 5.01. The van der Waals surface area contributed by atoms with Crippen molar-refractivity contribution in [1.29, 1.82) is 0 Å². The summed E-state index contributed by atoms with van der Waals surface area (Å²) in [5.41, 5.74) is 2.54. The van der Waals surface area contributed by atoms with Crippen LogP contribution in [0.3, 0.4) is 0 Å². The van der Waals surface area contributed by atoms with Crippen molar-refractivity contribution in [3.8, 4) is 11.1 Å². The smallest absolute Gasteiger partial charge is 0.0105 e. The molecule has 0 saturated heterocycles. The van der Waals surface area contributed by atoms with E-state index in [1.807, 2.05) is 12.1 Å². The van der Waals surface area contributed by atoms with Crippen LogP contribution in [0, 0.1) is 6.07 Å². The molecule has 0 aliphatic heterocycles. The molecule has 0 heterocycles. The van der Waals surface area contributed by atoms with Crippen LogP contribution in [0.1, 0.15) is 0 Å². The maximum Gasteiger partial charge on any atom is -0.0105 e. The lowest BCUT2D eigenvalue weighted by atomic mass is 9.96. The number of hydrogen-bond acceptors (Lipinski definition) is 0. The van der Waals surface area contributed by atoms with Gasteiger partial charge in [0.1, 0.15) is 0 Å². The zero-order chi connectivity index (χ0) is 13.4. The van der Waals surface area contributed by atoms with E-state index in [4.69, 9.17) is 0 Å². The molecule has 0 atom stereocenters. The predicted molar refractivity (Wildman–Crippen MR) is 85.7 cm³/mol. The lowest BCUT2D eigenvalue weighted by Crippen LogP contribution is -1.82. The van der Waals surface area contributed by atoms with E-state index in [0.29, 0.717) is 0 Å². The van der Waals surface area contributed by atoms with Crippen molar-refractivity contribution in [3.05, 3.63) is 84.9 Å². The summed E-state index contributed by atoms with van der Waals surface area (Å²) in [5, 5.41) is 5.07. The summed E-state index contributed by atoms with van der Waals surface area (Å²) in [6, 6.07) is 30.9. The largest absolute Gasteiger partial charge is 0.0616 e. The Hall–Kier alpha value is -2.60. The van der Waals surface area contributed by atoms with Gasteiger partial charge in [-0.15, -0.1) is 0 Å². The normalized spacial score (nSPS) is 11.0. The number of fused-ring (bicyclic) bond motifs is 2. The minimum atomic E-state index is 1.23. The topological polar surface area (TPSA) is 0 Å². The molecule has 4 aromatic carbocycles. The van der Waals surface area contributed by atoms with Gasteiger partial charge in [0.05, 0.1) is 0 Å². The third-order valence-corrected chi connectivity index (χ3v) is 3.79. The zero-order valence-corrected chi connectivity index (χ0v) is 11.0. The molecule has 0 nitrogen and oxygen atoms in total. The molecule has 1 radical (unpaired) electrons. The molecule has 0 fully saturated rings. The van der Waals surface area contributed by atoms with Gasteiger partial charge in [-0.05, 0) is 50.9 Å². The van der Waals surface area contributed by atoms with Crippen LogP contribution in [0.5, 0.6) is 0 Å². The van der Waals surface area contributed by atoms with Crippen molar-refractivity contribution >= 4 is 21.5 Å². The molecule has 4 rings (SSSR count). The van der Waals surface area contributed by atoms with Crippen LogP contribution < -0.4 is 0 Å². The maximum atomic E-state index is 3.15. The molecule has 0 N–H and O–H groups in total. The average molecular weight is 253 g/mol. The van der Waals surface area contributed by atoms with E-state index in [9.17, 15) is 0 Å². The number of hydrogen-bond donors (Lipinski definition) is 0. The highest BCUT2D eigenvalue weighted by atomic mass is 14.1. The van der Waals surface area contributed by atoms with Crippen LogP contribution in [-0.2, 0) is 0 Å². The van der Waals surface area contributed by atoms with E-state index < -0.39 is 0 Å². The molecule has 0 bridgehead atoms. The van der Waals surface area contributed by atoms with Crippen LogP contribution in [0.25, 0.3) is 32.7 Å². The van der Waals surface area contributed by atoms with E-state index in [2.05, 4.69) is 72.8 Å². The van der Waals surface area contributed by atoms with Crippen molar-refractivity contribution in [2.75, 3.05) is 0 Å². The minimum absolute atomic E-state index is 1.23. The van der Waals surface area contributed by atoms with Gasteiger partial charge in [-0.2, -0.15) is 0 Å². The highest BCUT2D eigenvalue weighted by Crippen LogP contribution is 2.30. The van der Waals surface area contributed by atoms with Crippen LogP contribution in [0.2, 0.25) is 0 Å². The van der Waals surface area contributed by atoms with Gasteiger partial charge in [0, 0.05) is 0 Å². The molecule has 0 saturated carbocycles. The minimum Gasteiger partial charge on any atom is -0.0616 e. The fourth-order valence-corrected chi connectivity index (χ4v) is 2.77. The lowest BCUT2D eigenvalue weighted by molar-refractivity contribution is 1.67. The Morgan fingerprint density at radius 2 is 1.55 bits per heavy atom. The van der Waals surface area contributed by atoms with E-state index >= 15 is 0 Å². The molecule has 0 amide bonds. The first-order valence-corrected chi connectivity index (χ1v) is 6.80. The Kier molecular flexibility index (Phi) is 2.53. The molecule has 0 aliphatic rings. The van der Waals surface area contributed by atoms with Gasteiger partial charge in [0.25, 0.3) is 0 Å². The number of benzene rings is 4. The molecule has 0 unspecified atom stereocenters. The summed E-state index contributed by atoms with van der Waals surface area (Å²) >= 11 is 0. The van der Waals surface area contributed by atoms with Crippen molar-refractivity contribution in [2.45, 2.75) is 0 Å². The average Bonchev–Trinajstić information content (AvgIpc) is 2.54. The van der Waals surface area contributed by atoms with Crippen LogP contribution >= 0.6 is 0 Å². The lowest BCUT2D eigenvalue weighted by Gasteiger charge is -2.08. The van der Waals surface area contributed by atoms with Crippen molar-refractivity contribution < 1.29 is 0 Å². The van der Waals surface area contributed by atoms with E-state index in [-0.39, 0.29) is 0 Å². The Labute approximate surface area is 118 Å². The fourth-order valence-electron chi connectivity index (χ4n) is 2.77. The Morgan fingerprint density at radius 3 is 2.55 bits per heavy atom.